The van der Waals surface area contributed by atoms with Crippen LogP contribution in [0.3, 0.4) is 0 Å². The van der Waals surface area contributed by atoms with Gasteiger partial charge in [-0.15, -0.1) is 0 Å². The predicted molar refractivity (Wildman–Crippen MR) is 118 cm³/mol. The Labute approximate surface area is 181 Å². The zero-order valence-electron chi connectivity index (χ0n) is 17.1. The first-order valence-corrected chi connectivity index (χ1v) is 10.8. The van der Waals surface area contributed by atoms with Crippen LogP contribution in [0.15, 0.2) is 71.9 Å². The van der Waals surface area contributed by atoms with E-state index >= 15 is 0 Å². The molecule has 0 N–H and O–H groups in total. The molecule has 0 aliphatic carbocycles. The minimum absolute atomic E-state index is 0.0972. The number of methoxy groups -OCH3 is 2. The van der Waals surface area contributed by atoms with Gasteiger partial charge in [-0.3, -0.25) is 4.79 Å². The van der Waals surface area contributed by atoms with Crippen LogP contribution in [-0.2, 0) is 11.2 Å². The van der Waals surface area contributed by atoms with Gasteiger partial charge in [-0.25, -0.2) is 4.98 Å². The van der Waals surface area contributed by atoms with Gasteiger partial charge in [0.15, 0.2) is 11.5 Å². The van der Waals surface area contributed by atoms with Crippen LogP contribution in [-0.4, -0.2) is 42.3 Å². The number of fused-ring (bicyclic) bond motifs is 1. The molecule has 1 aliphatic rings. The van der Waals surface area contributed by atoms with E-state index in [0.29, 0.717) is 23.8 Å². The Bertz CT molecular complexity index is 1010. The number of pyridine rings is 1. The molecule has 0 unspecified atom stereocenters. The van der Waals surface area contributed by atoms with Crippen LogP contribution in [0.5, 0.6) is 11.5 Å². The third-order valence-corrected chi connectivity index (χ3v) is 6.22. The topological polar surface area (TPSA) is 51.7 Å². The molecule has 1 amide bonds. The normalized spacial score (nSPS) is 15.4. The number of rotatable bonds is 6. The number of amides is 1. The van der Waals surface area contributed by atoms with E-state index in [2.05, 4.69) is 17.1 Å². The summed E-state index contributed by atoms with van der Waals surface area (Å²) < 4.78 is 11.0. The summed E-state index contributed by atoms with van der Waals surface area (Å²) in [5.74, 6) is 1.84. The number of thioether (sulfide) groups is 1. The highest BCUT2D eigenvalue weighted by molar-refractivity contribution is 7.99. The molecule has 0 radical (unpaired) electrons. The van der Waals surface area contributed by atoms with Crippen LogP contribution < -0.4 is 9.47 Å². The van der Waals surface area contributed by atoms with Gasteiger partial charge in [-0.05, 0) is 47.4 Å². The van der Waals surface area contributed by atoms with Gasteiger partial charge in [0.05, 0.1) is 31.0 Å². The lowest BCUT2D eigenvalue weighted by molar-refractivity contribution is -0.130. The zero-order valence-corrected chi connectivity index (χ0v) is 17.9. The van der Waals surface area contributed by atoms with Crippen molar-refractivity contribution in [2.75, 3.05) is 26.5 Å². The maximum atomic E-state index is 13.3. The quantitative estimate of drug-likeness (QED) is 0.555. The number of benzene rings is 2. The van der Waals surface area contributed by atoms with Crippen molar-refractivity contribution >= 4 is 17.7 Å². The Kier molecular flexibility index (Phi) is 6.23. The average Bonchev–Trinajstić information content (AvgIpc) is 2.82. The van der Waals surface area contributed by atoms with Crippen LogP contribution >= 0.6 is 11.8 Å². The molecule has 0 fully saturated rings. The molecule has 0 saturated heterocycles. The molecule has 1 aliphatic heterocycles. The first kappa shape index (κ1) is 20.3. The van der Waals surface area contributed by atoms with Gasteiger partial charge in [0.25, 0.3) is 0 Å². The predicted octanol–water partition coefficient (Wildman–Crippen LogP) is 4.37. The first-order chi connectivity index (χ1) is 14.7. The fraction of sp³-hybridized carbons (Fsp3) is 0.250. The molecule has 5 nitrogen and oxygen atoms in total. The number of ether oxygens (including phenoxy) is 2. The van der Waals surface area contributed by atoms with E-state index in [-0.39, 0.29) is 11.9 Å². The van der Waals surface area contributed by atoms with E-state index in [1.807, 2.05) is 53.4 Å². The summed E-state index contributed by atoms with van der Waals surface area (Å²) in [5.41, 5.74) is 3.35. The fourth-order valence-corrected chi connectivity index (χ4v) is 4.61. The summed E-state index contributed by atoms with van der Waals surface area (Å²) in [4.78, 5) is 19.5. The van der Waals surface area contributed by atoms with Crippen LogP contribution in [0, 0.1) is 0 Å². The number of hydrogen-bond donors (Lipinski definition) is 0. The average molecular weight is 421 g/mol. The van der Waals surface area contributed by atoms with Gasteiger partial charge in [0.1, 0.15) is 0 Å². The third kappa shape index (κ3) is 4.14. The van der Waals surface area contributed by atoms with Crippen molar-refractivity contribution in [3.8, 4) is 11.5 Å². The molecule has 6 heteroatoms. The first-order valence-electron chi connectivity index (χ1n) is 9.84. The fourth-order valence-electron chi connectivity index (χ4n) is 3.86. The lowest BCUT2D eigenvalue weighted by atomic mass is 9.87. The monoisotopic (exact) mass is 420 g/mol. The largest absolute Gasteiger partial charge is 0.493 e. The molecular weight excluding hydrogens is 396 g/mol. The Morgan fingerprint density at radius 2 is 1.80 bits per heavy atom. The number of aromatic nitrogens is 1. The lowest BCUT2D eigenvalue weighted by Gasteiger charge is -2.38. The van der Waals surface area contributed by atoms with Crippen molar-refractivity contribution in [1.29, 1.82) is 0 Å². The van der Waals surface area contributed by atoms with Gasteiger partial charge < -0.3 is 14.4 Å². The maximum absolute atomic E-state index is 13.3. The molecule has 0 spiro atoms. The molecule has 2 heterocycles. The van der Waals surface area contributed by atoms with E-state index in [9.17, 15) is 4.79 Å². The van der Waals surface area contributed by atoms with Gasteiger partial charge in [0, 0.05) is 12.7 Å². The molecule has 1 atom stereocenters. The SMILES string of the molecule is COc1cc2c(cc1OC)[C@H](c1ccccc1)N(C(=O)CSc1ccccn1)CC2. The van der Waals surface area contributed by atoms with Crippen LogP contribution in [0.4, 0.5) is 0 Å². The summed E-state index contributed by atoms with van der Waals surface area (Å²) >= 11 is 1.47. The number of carbonyl (C=O) groups excluding carboxylic acids is 1. The molecule has 154 valence electrons. The summed E-state index contributed by atoms with van der Waals surface area (Å²) in [6.45, 7) is 0.656. The minimum atomic E-state index is -0.161. The van der Waals surface area contributed by atoms with E-state index in [1.54, 1.807) is 20.4 Å². The molecule has 30 heavy (non-hydrogen) atoms. The van der Waals surface area contributed by atoms with E-state index in [0.717, 1.165) is 22.6 Å². The molecule has 3 aromatic rings. The molecule has 4 rings (SSSR count). The number of hydrogen-bond acceptors (Lipinski definition) is 5. The van der Waals surface area contributed by atoms with Crippen molar-refractivity contribution in [3.05, 3.63) is 83.6 Å². The van der Waals surface area contributed by atoms with E-state index < -0.39 is 0 Å². The Morgan fingerprint density at radius 3 is 2.50 bits per heavy atom. The summed E-state index contributed by atoms with van der Waals surface area (Å²) in [6.07, 6.45) is 2.52. The van der Waals surface area contributed by atoms with Crippen molar-refractivity contribution in [2.45, 2.75) is 17.5 Å². The smallest absolute Gasteiger partial charge is 0.233 e. The van der Waals surface area contributed by atoms with Crippen LogP contribution in [0.1, 0.15) is 22.7 Å². The number of nitrogens with zero attached hydrogens (tertiary/aromatic N) is 2. The second kappa shape index (κ2) is 9.22. The van der Waals surface area contributed by atoms with E-state index in [4.69, 9.17) is 9.47 Å². The highest BCUT2D eigenvalue weighted by Crippen LogP contribution is 2.41. The molecule has 2 aromatic carbocycles. The molecule has 0 bridgehead atoms. The summed E-state index contributed by atoms with van der Waals surface area (Å²) in [7, 11) is 3.28. The molecular formula is C24H24N2O3S. The summed E-state index contributed by atoms with van der Waals surface area (Å²) in [5, 5.41) is 0.853. The molecule has 0 saturated carbocycles. The second-order valence-electron chi connectivity index (χ2n) is 7.01. The van der Waals surface area contributed by atoms with Gasteiger partial charge in [-0.2, -0.15) is 0 Å². The lowest BCUT2D eigenvalue weighted by Crippen LogP contribution is -2.41. The van der Waals surface area contributed by atoms with Gasteiger partial charge >= 0.3 is 0 Å². The highest BCUT2D eigenvalue weighted by Gasteiger charge is 2.33. The third-order valence-electron chi connectivity index (χ3n) is 5.29. The Balaban J connectivity index is 1.68. The Hall–Kier alpha value is -2.99. The van der Waals surface area contributed by atoms with E-state index in [1.165, 1.54) is 17.3 Å². The van der Waals surface area contributed by atoms with Crippen molar-refractivity contribution in [1.82, 2.24) is 9.88 Å². The van der Waals surface area contributed by atoms with Crippen molar-refractivity contribution < 1.29 is 14.3 Å². The minimum Gasteiger partial charge on any atom is -0.493 e. The highest BCUT2D eigenvalue weighted by atomic mass is 32.2. The second-order valence-corrected chi connectivity index (χ2v) is 8.01. The molecule has 1 aromatic heterocycles. The van der Waals surface area contributed by atoms with Crippen molar-refractivity contribution in [2.24, 2.45) is 0 Å². The van der Waals surface area contributed by atoms with Crippen molar-refractivity contribution in [3.63, 3.8) is 0 Å². The summed E-state index contributed by atoms with van der Waals surface area (Å²) in [6, 6.07) is 19.8. The van der Waals surface area contributed by atoms with Crippen LogP contribution in [0.25, 0.3) is 0 Å². The van der Waals surface area contributed by atoms with Crippen LogP contribution in [0.2, 0.25) is 0 Å². The standard InChI is InChI=1S/C24H24N2O3S/c1-28-20-14-18-11-13-26(23(27)16-30-22-10-6-7-12-25-22)24(17-8-4-3-5-9-17)19(18)15-21(20)29-2/h3-10,12,14-15,24H,11,13,16H2,1-2H3/t24-/m0/s1. The van der Waals surface area contributed by atoms with Gasteiger partial charge in [0.2, 0.25) is 5.91 Å². The van der Waals surface area contributed by atoms with Gasteiger partial charge in [-0.1, -0.05) is 48.2 Å². The zero-order chi connectivity index (χ0) is 20.9. The maximum Gasteiger partial charge on any atom is 0.233 e. The Morgan fingerprint density at radius 1 is 1.07 bits per heavy atom. The number of carbonyl (C=O) groups is 1.